The van der Waals surface area contributed by atoms with E-state index in [4.69, 9.17) is 4.74 Å². The predicted molar refractivity (Wildman–Crippen MR) is 98.2 cm³/mol. The van der Waals surface area contributed by atoms with Gasteiger partial charge in [-0.25, -0.2) is 9.88 Å². The number of imidazole rings is 1. The van der Waals surface area contributed by atoms with Gasteiger partial charge in [0, 0.05) is 0 Å². The zero-order valence-corrected chi connectivity index (χ0v) is 14.7. The van der Waals surface area contributed by atoms with Crippen LogP contribution in [-0.4, -0.2) is 28.0 Å². The summed E-state index contributed by atoms with van der Waals surface area (Å²) in [6.07, 6.45) is 0.132. The number of carbonyl (C=O) groups excluding carboxylic acids is 2. The molecule has 132 valence electrons. The van der Waals surface area contributed by atoms with Gasteiger partial charge in [0.2, 0.25) is 5.91 Å². The monoisotopic (exact) mass is 349 g/mol. The van der Waals surface area contributed by atoms with Crippen LogP contribution in [-0.2, 0) is 9.59 Å². The summed E-state index contributed by atoms with van der Waals surface area (Å²) in [6, 6.07) is 14.1. The topological polar surface area (TPSA) is 64.4 Å². The van der Waals surface area contributed by atoms with Gasteiger partial charge in [0.25, 0.3) is 5.91 Å². The fraction of sp³-hybridized carbons (Fsp3) is 0.250. The van der Waals surface area contributed by atoms with Crippen molar-refractivity contribution in [2.45, 2.75) is 26.3 Å². The number of hydrogen-bond donors (Lipinski definition) is 0. The summed E-state index contributed by atoms with van der Waals surface area (Å²) < 4.78 is 7.29. The Balaban J connectivity index is 1.70. The quantitative estimate of drug-likeness (QED) is 0.678. The largest absolute Gasteiger partial charge is 0.494 e. The lowest BCUT2D eigenvalue weighted by Gasteiger charge is -2.17. The maximum absolute atomic E-state index is 13.0. The standard InChI is InChI=1S/C20H19N3O3/c1-3-26-15-10-8-14(9-11-15)23-19(24)12-18(20(23)25)22-13(2)21-16-6-4-5-7-17(16)22/h4-11,18H,3,12H2,1-2H3. The summed E-state index contributed by atoms with van der Waals surface area (Å²) in [6.45, 7) is 4.33. The zero-order valence-electron chi connectivity index (χ0n) is 14.7. The molecule has 3 aromatic rings. The van der Waals surface area contributed by atoms with E-state index in [0.717, 1.165) is 16.9 Å². The van der Waals surface area contributed by atoms with Crippen LogP contribution in [0.2, 0.25) is 0 Å². The van der Waals surface area contributed by atoms with Crippen LogP contribution in [0.5, 0.6) is 5.75 Å². The van der Waals surface area contributed by atoms with Crippen molar-refractivity contribution in [2.24, 2.45) is 0 Å². The summed E-state index contributed by atoms with van der Waals surface area (Å²) in [4.78, 5) is 31.4. The van der Waals surface area contributed by atoms with Gasteiger partial charge in [-0.05, 0) is 50.2 Å². The highest BCUT2D eigenvalue weighted by molar-refractivity contribution is 6.22. The number of para-hydroxylation sites is 2. The maximum Gasteiger partial charge on any atom is 0.257 e. The first-order valence-electron chi connectivity index (χ1n) is 8.63. The van der Waals surface area contributed by atoms with Crippen molar-refractivity contribution in [3.05, 3.63) is 54.4 Å². The van der Waals surface area contributed by atoms with Crippen molar-refractivity contribution >= 4 is 28.5 Å². The van der Waals surface area contributed by atoms with Gasteiger partial charge >= 0.3 is 0 Å². The van der Waals surface area contributed by atoms with Crippen molar-refractivity contribution in [2.75, 3.05) is 11.5 Å². The number of hydrogen-bond acceptors (Lipinski definition) is 4. The molecule has 0 spiro atoms. The van der Waals surface area contributed by atoms with E-state index in [1.165, 1.54) is 4.90 Å². The van der Waals surface area contributed by atoms with E-state index in [0.29, 0.717) is 18.0 Å². The number of amides is 2. The number of fused-ring (bicyclic) bond motifs is 1. The molecule has 2 amide bonds. The molecule has 0 aliphatic carbocycles. The average Bonchev–Trinajstić information content (AvgIpc) is 3.11. The minimum atomic E-state index is -0.568. The van der Waals surface area contributed by atoms with E-state index in [9.17, 15) is 9.59 Å². The number of aromatic nitrogens is 2. The number of rotatable bonds is 4. The first-order valence-corrected chi connectivity index (χ1v) is 8.63. The molecule has 2 heterocycles. The first-order chi connectivity index (χ1) is 12.6. The molecule has 1 aliphatic rings. The van der Waals surface area contributed by atoms with E-state index in [2.05, 4.69) is 4.98 Å². The third kappa shape index (κ3) is 2.54. The van der Waals surface area contributed by atoms with Crippen molar-refractivity contribution in [3.63, 3.8) is 0 Å². The summed E-state index contributed by atoms with van der Waals surface area (Å²) in [5, 5.41) is 0. The molecule has 1 unspecified atom stereocenters. The van der Waals surface area contributed by atoms with Crippen LogP contribution in [0.4, 0.5) is 5.69 Å². The van der Waals surface area contributed by atoms with E-state index < -0.39 is 6.04 Å². The van der Waals surface area contributed by atoms with Gasteiger partial charge in [0.1, 0.15) is 17.6 Å². The molecule has 0 radical (unpaired) electrons. The summed E-state index contributed by atoms with van der Waals surface area (Å²) in [5.41, 5.74) is 2.25. The minimum Gasteiger partial charge on any atom is -0.494 e. The fourth-order valence-electron chi connectivity index (χ4n) is 3.51. The lowest BCUT2D eigenvalue weighted by Crippen LogP contribution is -2.31. The Labute approximate surface area is 151 Å². The smallest absolute Gasteiger partial charge is 0.257 e. The molecule has 0 N–H and O–H groups in total. The molecule has 6 heteroatoms. The van der Waals surface area contributed by atoms with E-state index in [1.54, 1.807) is 24.3 Å². The highest BCUT2D eigenvalue weighted by Gasteiger charge is 2.41. The molecule has 1 saturated heterocycles. The molecule has 2 aromatic carbocycles. The number of ether oxygens (including phenoxy) is 1. The molecule has 0 bridgehead atoms. The average molecular weight is 349 g/mol. The number of imide groups is 1. The van der Waals surface area contributed by atoms with Crippen molar-refractivity contribution in [3.8, 4) is 5.75 Å². The first kappa shape index (κ1) is 16.3. The molecular weight excluding hydrogens is 330 g/mol. The molecule has 6 nitrogen and oxygen atoms in total. The van der Waals surface area contributed by atoms with Gasteiger partial charge in [-0.2, -0.15) is 0 Å². The second kappa shape index (κ2) is 6.29. The highest BCUT2D eigenvalue weighted by atomic mass is 16.5. The highest BCUT2D eigenvalue weighted by Crippen LogP contribution is 2.33. The number of carbonyl (C=O) groups is 2. The molecule has 1 aliphatic heterocycles. The number of anilines is 1. The molecule has 26 heavy (non-hydrogen) atoms. The molecule has 1 atom stereocenters. The number of aryl methyl sites for hydroxylation is 1. The summed E-state index contributed by atoms with van der Waals surface area (Å²) in [7, 11) is 0. The van der Waals surface area contributed by atoms with Crippen LogP contribution in [0.3, 0.4) is 0 Å². The van der Waals surface area contributed by atoms with Crippen LogP contribution in [0, 0.1) is 6.92 Å². The van der Waals surface area contributed by atoms with E-state index in [1.807, 2.05) is 42.7 Å². The van der Waals surface area contributed by atoms with Crippen LogP contribution in [0.15, 0.2) is 48.5 Å². The minimum absolute atomic E-state index is 0.132. The Hall–Kier alpha value is -3.15. The second-order valence-electron chi connectivity index (χ2n) is 6.23. The fourth-order valence-corrected chi connectivity index (χ4v) is 3.51. The van der Waals surface area contributed by atoms with Gasteiger partial charge in [-0.1, -0.05) is 12.1 Å². The SMILES string of the molecule is CCOc1ccc(N2C(=O)CC(n3c(C)nc4ccccc43)C2=O)cc1. The summed E-state index contributed by atoms with van der Waals surface area (Å²) >= 11 is 0. The van der Waals surface area contributed by atoms with Gasteiger partial charge in [0.15, 0.2) is 0 Å². The zero-order chi connectivity index (χ0) is 18.3. The Morgan fingerprint density at radius 2 is 1.85 bits per heavy atom. The van der Waals surface area contributed by atoms with Crippen LogP contribution >= 0.6 is 0 Å². The second-order valence-corrected chi connectivity index (χ2v) is 6.23. The van der Waals surface area contributed by atoms with Gasteiger partial charge < -0.3 is 9.30 Å². The van der Waals surface area contributed by atoms with Crippen LogP contribution in [0.25, 0.3) is 11.0 Å². The lowest BCUT2D eigenvalue weighted by atomic mass is 10.2. The normalized spacial score (nSPS) is 17.3. The Morgan fingerprint density at radius 3 is 2.58 bits per heavy atom. The Kier molecular flexibility index (Phi) is 3.95. The van der Waals surface area contributed by atoms with Gasteiger partial charge in [-0.3, -0.25) is 9.59 Å². The number of benzene rings is 2. The van der Waals surface area contributed by atoms with Crippen LogP contribution < -0.4 is 9.64 Å². The van der Waals surface area contributed by atoms with Crippen molar-refractivity contribution < 1.29 is 14.3 Å². The third-order valence-electron chi connectivity index (χ3n) is 4.61. The summed E-state index contributed by atoms with van der Waals surface area (Å²) in [5.74, 6) is 1.00. The lowest BCUT2D eigenvalue weighted by molar-refractivity contribution is -0.122. The van der Waals surface area contributed by atoms with Gasteiger partial charge in [-0.15, -0.1) is 0 Å². The molecular formula is C20H19N3O3. The van der Waals surface area contributed by atoms with E-state index >= 15 is 0 Å². The third-order valence-corrected chi connectivity index (χ3v) is 4.61. The van der Waals surface area contributed by atoms with Crippen molar-refractivity contribution in [1.82, 2.24) is 9.55 Å². The molecule has 1 aromatic heterocycles. The van der Waals surface area contributed by atoms with E-state index in [-0.39, 0.29) is 18.2 Å². The van der Waals surface area contributed by atoms with Crippen LogP contribution in [0.1, 0.15) is 25.2 Å². The predicted octanol–water partition coefficient (Wildman–Crippen LogP) is 3.25. The van der Waals surface area contributed by atoms with Crippen molar-refractivity contribution in [1.29, 1.82) is 0 Å². The number of nitrogens with zero attached hydrogens (tertiary/aromatic N) is 3. The molecule has 0 saturated carbocycles. The van der Waals surface area contributed by atoms with Gasteiger partial charge in [0.05, 0.1) is 29.7 Å². The Bertz CT molecular complexity index is 991. The Morgan fingerprint density at radius 1 is 1.12 bits per heavy atom. The molecule has 4 rings (SSSR count). The molecule has 1 fully saturated rings. The maximum atomic E-state index is 13.0.